The van der Waals surface area contributed by atoms with Gasteiger partial charge in [-0.1, -0.05) is 6.07 Å². The van der Waals surface area contributed by atoms with Crippen molar-refractivity contribution in [3.05, 3.63) is 36.1 Å². The number of fused-ring (bicyclic) bond motifs is 1. The summed E-state index contributed by atoms with van der Waals surface area (Å²) in [6.45, 7) is 0. The van der Waals surface area contributed by atoms with E-state index < -0.39 is 0 Å². The fourth-order valence-electron chi connectivity index (χ4n) is 1.89. The van der Waals surface area contributed by atoms with Crippen molar-refractivity contribution in [3.63, 3.8) is 0 Å². The first-order valence-electron chi connectivity index (χ1n) is 4.78. The van der Waals surface area contributed by atoms with Gasteiger partial charge in [0.05, 0.1) is 11.7 Å². The molecule has 0 unspecified atom stereocenters. The van der Waals surface area contributed by atoms with Gasteiger partial charge in [0.2, 0.25) is 0 Å². The van der Waals surface area contributed by atoms with Crippen molar-refractivity contribution in [3.8, 4) is 0 Å². The summed E-state index contributed by atoms with van der Waals surface area (Å²) in [4.78, 5) is 10.9. The Balaban J connectivity index is 2.18. The fourth-order valence-corrected chi connectivity index (χ4v) is 1.89. The number of benzene rings is 1. The Bertz CT molecular complexity index is 492. The number of hydrogen-bond acceptors (Lipinski definition) is 2. The molecule has 1 aliphatic rings. The lowest BCUT2D eigenvalue weighted by Crippen LogP contribution is -2.06. The van der Waals surface area contributed by atoms with Gasteiger partial charge in [0.1, 0.15) is 11.9 Å². The molecule has 0 bridgehead atoms. The molecule has 0 atom stereocenters. The summed E-state index contributed by atoms with van der Waals surface area (Å²) in [5.41, 5.74) is 1.84. The predicted octanol–water partition coefficient (Wildman–Crippen LogP) is 2.66. The summed E-state index contributed by atoms with van der Waals surface area (Å²) < 4.78 is 5.25. The highest BCUT2D eigenvalue weighted by atomic mass is 16.3. The van der Waals surface area contributed by atoms with Crippen molar-refractivity contribution in [2.75, 3.05) is 0 Å². The molecule has 14 heavy (non-hydrogen) atoms. The molecular weight excluding hydrogens is 176 g/mol. The highest BCUT2D eigenvalue weighted by Gasteiger charge is 2.44. The zero-order valence-corrected chi connectivity index (χ0v) is 7.69. The van der Waals surface area contributed by atoms with E-state index in [1.807, 2.05) is 18.2 Å². The summed E-state index contributed by atoms with van der Waals surface area (Å²) in [7, 11) is 0. The van der Waals surface area contributed by atoms with Crippen molar-refractivity contribution >= 4 is 17.3 Å². The van der Waals surface area contributed by atoms with Crippen molar-refractivity contribution in [2.24, 2.45) is 0 Å². The van der Waals surface area contributed by atoms with E-state index in [0.717, 1.165) is 35.7 Å². The molecule has 1 saturated carbocycles. The first kappa shape index (κ1) is 7.80. The third kappa shape index (κ3) is 0.939. The average molecular weight is 186 g/mol. The average Bonchev–Trinajstić information content (AvgIpc) is 2.89. The van der Waals surface area contributed by atoms with Gasteiger partial charge in [-0.15, -0.1) is 0 Å². The smallest absolute Gasteiger partial charge is 0.133 e. The van der Waals surface area contributed by atoms with Crippen LogP contribution in [0.4, 0.5) is 0 Å². The van der Waals surface area contributed by atoms with E-state index in [-0.39, 0.29) is 5.41 Å². The molecule has 0 radical (unpaired) electrons. The van der Waals surface area contributed by atoms with Crippen LogP contribution in [0.1, 0.15) is 18.4 Å². The Hall–Kier alpha value is -1.57. The quantitative estimate of drug-likeness (QED) is 0.675. The monoisotopic (exact) mass is 186 g/mol. The number of rotatable bonds is 2. The molecular formula is C12H10O2. The van der Waals surface area contributed by atoms with Gasteiger partial charge in [-0.05, 0) is 36.6 Å². The summed E-state index contributed by atoms with van der Waals surface area (Å²) in [5, 5.41) is 1.08. The van der Waals surface area contributed by atoms with Crippen LogP contribution in [0.3, 0.4) is 0 Å². The maximum absolute atomic E-state index is 10.9. The minimum absolute atomic E-state index is 0.175. The van der Waals surface area contributed by atoms with Crippen LogP contribution < -0.4 is 0 Å². The molecule has 0 amide bonds. The number of aldehydes is 1. The first-order chi connectivity index (χ1) is 6.84. The molecule has 1 aliphatic carbocycles. The van der Waals surface area contributed by atoms with Crippen molar-refractivity contribution in [2.45, 2.75) is 18.3 Å². The van der Waals surface area contributed by atoms with E-state index in [0.29, 0.717) is 0 Å². The molecule has 3 rings (SSSR count). The molecule has 1 fully saturated rings. The predicted molar refractivity (Wildman–Crippen MR) is 53.2 cm³/mol. The van der Waals surface area contributed by atoms with Gasteiger partial charge in [-0.3, -0.25) is 0 Å². The second kappa shape index (κ2) is 2.47. The van der Waals surface area contributed by atoms with Gasteiger partial charge >= 0.3 is 0 Å². The Morgan fingerprint density at radius 1 is 1.29 bits per heavy atom. The van der Waals surface area contributed by atoms with E-state index in [9.17, 15) is 4.79 Å². The molecule has 0 spiro atoms. The Kier molecular flexibility index (Phi) is 1.38. The van der Waals surface area contributed by atoms with Crippen LogP contribution in [-0.4, -0.2) is 6.29 Å². The normalized spacial score (nSPS) is 18.3. The van der Waals surface area contributed by atoms with Gasteiger partial charge in [0.25, 0.3) is 0 Å². The molecule has 0 saturated heterocycles. The molecule has 2 nitrogen and oxygen atoms in total. The molecule has 1 aromatic carbocycles. The lowest BCUT2D eigenvalue weighted by molar-refractivity contribution is -0.109. The van der Waals surface area contributed by atoms with Crippen LogP contribution in [0.25, 0.3) is 11.0 Å². The summed E-state index contributed by atoms with van der Waals surface area (Å²) in [6, 6.07) is 7.92. The minimum atomic E-state index is -0.175. The second-order valence-corrected chi connectivity index (χ2v) is 3.95. The highest BCUT2D eigenvalue weighted by Crippen LogP contribution is 2.46. The van der Waals surface area contributed by atoms with E-state index >= 15 is 0 Å². The van der Waals surface area contributed by atoms with Gasteiger partial charge in [-0.2, -0.15) is 0 Å². The zero-order chi connectivity index (χ0) is 9.60. The van der Waals surface area contributed by atoms with Crippen LogP contribution in [-0.2, 0) is 10.2 Å². The number of carbonyl (C=O) groups is 1. The maximum atomic E-state index is 10.9. The van der Waals surface area contributed by atoms with Crippen LogP contribution in [0.15, 0.2) is 34.9 Å². The fraction of sp³-hybridized carbons (Fsp3) is 0.250. The van der Waals surface area contributed by atoms with Gasteiger partial charge < -0.3 is 9.21 Å². The number of furan rings is 1. The maximum Gasteiger partial charge on any atom is 0.133 e. The Morgan fingerprint density at radius 3 is 2.86 bits per heavy atom. The summed E-state index contributed by atoms with van der Waals surface area (Å²) >= 11 is 0. The first-order valence-corrected chi connectivity index (χ1v) is 4.78. The van der Waals surface area contributed by atoms with E-state index in [1.54, 1.807) is 6.26 Å². The molecule has 2 aromatic rings. The molecule has 70 valence electrons. The Morgan fingerprint density at radius 2 is 2.14 bits per heavy atom. The lowest BCUT2D eigenvalue weighted by atomic mass is 9.97. The van der Waals surface area contributed by atoms with Gasteiger partial charge in [-0.25, -0.2) is 0 Å². The van der Waals surface area contributed by atoms with Crippen LogP contribution in [0.5, 0.6) is 0 Å². The highest BCUT2D eigenvalue weighted by molar-refractivity contribution is 5.81. The van der Waals surface area contributed by atoms with Gasteiger partial charge in [0.15, 0.2) is 0 Å². The molecule has 2 heteroatoms. The van der Waals surface area contributed by atoms with Crippen molar-refractivity contribution in [1.29, 1.82) is 0 Å². The summed E-state index contributed by atoms with van der Waals surface area (Å²) in [6.07, 6.45) is 4.73. The minimum Gasteiger partial charge on any atom is -0.464 e. The van der Waals surface area contributed by atoms with Crippen LogP contribution in [0, 0.1) is 0 Å². The third-order valence-corrected chi connectivity index (χ3v) is 3.04. The largest absolute Gasteiger partial charge is 0.464 e. The van der Waals surface area contributed by atoms with E-state index in [4.69, 9.17) is 4.42 Å². The van der Waals surface area contributed by atoms with E-state index in [1.165, 1.54) is 0 Å². The molecule has 0 N–H and O–H groups in total. The number of hydrogen-bond donors (Lipinski definition) is 0. The van der Waals surface area contributed by atoms with Crippen molar-refractivity contribution in [1.82, 2.24) is 0 Å². The molecule has 0 aliphatic heterocycles. The lowest BCUT2D eigenvalue weighted by Gasteiger charge is -2.06. The second-order valence-electron chi connectivity index (χ2n) is 3.95. The van der Waals surface area contributed by atoms with E-state index in [2.05, 4.69) is 6.07 Å². The SMILES string of the molecule is O=CC1(c2ccc3occc3c2)CC1. The molecule has 1 aromatic heterocycles. The van der Waals surface area contributed by atoms with Crippen molar-refractivity contribution < 1.29 is 9.21 Å². The number of carbonyl (C=O) groups excluding carboxylic acids is 1. The zero-order valence-electron chi connectivity index (χ0n) is 7.69. The Labute approximate surface area is 81.5 Å². The van der Waals surface area contributed by atoms with Crippen LogP contribution >= 0.6 is 0 Å². The van der Waals surface area contributed by atoms with Gasteiger partial charge in [0, 0.05) is 5.39 Å². The topological polar surface area (TPSA) is 30.2 Å². The summed E-state index contributed by atoms with van der Waals surface area (Å²) in [5.74, 6) is 0. The molecule has 1 heterocycles. The third-order valence-electron chi connectivity index (χ3n) is 3.04. The standard InChI is InChI=1S/C12H10O2/c13-8-12(4-5-12)10-1-2-11-9(7-10)3-6-14-11/h1-3,6-8H,4-5H2. The van der Waals surface area contributed by atoms with Crippen LogP contribution in [0.2, 0.25) is 0 Å².